The largest absolute Gasteiger partial charge is 0.350 e. The van der Waals surface area contributed by atoms with Gasteiger partial charge in [-0.25, -0.2) is 4.98 Å². The maximum absolute atomic E-state index is 12.0. The van der Waals surface area contributed by atoms with Crippen LogP contribution in [-0.4, -0.2) is 42.5 Å². The number of aromatic nitrogens is 1. The summed E-state index contributed by atoms with van der Waals surface area (Å²) in [6.45, 7) is 4.81. The SMILES string of the molecule is CC(C)C(CNC(=O)c1cc(Cl)nc(Cl)c1)N(C)C. The zero-order valence-corrected chi connectivity index (χ0v) is 13.1. The summed E-state index contributed by atoms with van der Waals surface area (Å²) in [6, 6.07) is 3.28. The standard InChI is InChI=1S/C13H19Cl2N3O/c1-8(2)10(18(3)4)7-16-13(19)9-5-11(14)17-12(15)6-9/h5-6,8,10H,7H2,1-4H3,(H,16,19). The highest BCUT2D eigenvalue weighted by atomic mass is 35.5. The fraction of sp³-hybridized carbons (Fsp3) is 0.538. The molecule has 1 amide bonds. The van der Waals surface area contributed by atoms with Crippen molar-refractivity contribution in [1.82, 2.24) is 15.2 Å². The van der Waals surface area contributed by atoms with Gasteiger partial charge in [0.25, 0.3) is 5.91 Å². The molecule has 1 aromatic rings. The van der Waals surface area contributed by atoms with Crippen molar-refractivity contribution in [3.63, 3.8) is 0 Å². The lowest BCUT2D eigenvalue weighted by atomic mass is 10.0. The maximum Gasteiger partial charge on any atom is 0.251 e. The van der Waals surface area contributed by atoms with Crippen LogP contribution in [0.1, 0.15) is 24.2 Å². The normalized spacial score (nSPS) is 12.8. The molecule has 1 rings (SSSR count). The Hall–Kier alpha value is -0.840. The van der Waals surface area contributed by atoms with Crippen molar-refractivity contribution in [3.8, 4) is 0 Å². The first-order valence-electron chi connectivity index (χ1n) is 6.09. The molecule has 19 heavy (non-hydrogen) atoms. The summed E-state index contributed by atoms with van der Waals surface area (Å²) < 4.78 is 0. The lowest BCUT2D eigenvalue weighted by molar-refractivity contribution is 0.0934. The molecule has 0 aliphatic carbocycles. The van der Waals surface area contributed by atoms with E-state index < -0.39 is 0 Å². The van der Waals surface area contributed by atoms with Crippen LogP contribution in [0, 0.1) is 5.92 Å². The summed E-state index contributed by atoms with van der Waals surface area (Å²) in [5.41, 5.74) is 0.422. The minimum absolute atomic E-state index is 0.196. The molecule has 1 aromatic heterocycles. The third-order valence-corrected chi connectivity index (χ3v) is 3.32. The van der Waals surface area contributed by atoms with Gasteiger partial charge in [-0.2, -0.15) is 0 Å². The van der Waals surface area contributed by atoms with E-state index in [-0.39, 0.29) is 22.3 Å². The van der Waals surface area contributed by atoms with Crippen molar-refractivity contribution >= 4 is 29.1 Å². The summed E-state index contributed by atoms with van der Waals surface area (Å²) in [5, 5.41) is 3.32. The Bertz CT molecular complexity index is 421. The van der Waals surface area contributed by atoms with Gasteiger partial charge in [0, 0.05) is 18.2 Å². The van der Waals surface area contributed by atoms with Gasteiger partial charge in [-0.1, -0.05) is 37.0 Å². The lowest BCUT2D eigenvalue weighted by Crippen LogP contribution is -2.43. The van der Waals surface area contributed by atoms with Gasteiger partial charge >= 0.3 is 0 Å². The van der Waals surface area contributed by atoms with E-state index in [1.54, 1.807) is 0 Å². The second kappa shape index (κ2) is 7.08. The van der Waals surface area contributed by atoms with Crippen LogP contribution in [0.3, 0.4) is 0 Å². The summed E-state index contributed by atoms with van der Waals surface area (Å²) in [5.74, 6) is 0.249. The maximum atomic E-state index is 12.0. The van der Waals surface area contributed by atoms with Crippen molar-refractivity contribution < 1.29 is 4.79 Å². The minimum Gasteiger partial charge on any atom is -0.350 e. The molecular formula is C13H19Cl2N3O. The van der Waals surface area contributed by atoms with Crippen LogP contribution in [-0.2, 0) is 0 Å². The van der Waals surface area contributed by atoms with E-state index in [2.05, 4.69) is 29.0 Å². The Morgan fingerprint density at radius 2 is 1.84 bits per heavy atom. The average Bonchev–Trinajstić information content (AvgIpc) is 2.26. The molecule has 1 N–H and O–H groups in total. The van der Waals surface area contributed by atoms with E-state index in [1.165, 1.54) is 12.1 Å². The topological polar surface area (TPSA) is 45.2 Å². The van der Waals surface area contributed by atoms with Crippen molar-refractivity contribution in [3.05, 3.63) is 28.0 Å². The zero-order chi connectivity index (χ0) is 14.6. The third kappa shape index (κ3) is 4.97. The van der Waals surface area contributed by atoms with Crippen molar-refractivity contribution in [1.29, 1.82) is 0 Å². The predicted octanol–water partition coefficient (Wildman–Crippen LogP) is 2.70. The summed E-state index contributed by atoms with van der Waals surface area (Å²) in [7, 11) is 3.99. The first kappa shape index (κ1) is 16.2. The van der Waals surface area contributed by atoms with Gasteiger partial charge in [0.05, 0.1) is 0 Å². The second-order valence-corrected chi connectivity index (χ2v) is 5.76. The first-order valence-corrected chi connectivity index (χ1v) is 6.84. The average molecular weight is 304 g/mol. The first-order chi connectivity index (χ1) is 8.81. The molecule has 0 aliphatic rings. The fourth-order valence-corrected chi connectivity index (χ4v) is 2.37. The van der Waals surface area contributed by atoms with Crippen LogP contribution in [0.5, 0.6) is 0 Å². The minimum atomic E-state index is -0.196. The Morgan fingerprint density at radius 1 is 1.32 bits per heavy atom. The Kier molecular flexibility index (Phi) is 6.04. The molecule has 106 valence electrons. The Balaban J connectivity index is 2.69. The highest BCUT2D eigenvalue weighted by molar-refractivity contribution is 6.33. The fourth-order valence-electron chi connectivity index (χ4n) is 1.91. The third-order valence-electron chi connectivity index (χ3n) is 2.93. The smallest absolute Gasteiger partial charge is 0.251 e. The second-order valence-electron chi connectivity index (χ2n) is 4.99. The van der Waals surface area contributed by atoms with Crippen LogP contribution >= 0.6 is 23.2 Å². The molecule has 1 atom stereocenters. The number of nitrogens with zero attached hydrogens (tertiary/aromatic N) is 2. The number of pyridine rings is 1. The number of hydrogen-bond acceptors (Lipinski definition) is 3. The van der Waals surface area contributed by atoms with Gasteiger partial charge in [-0.05, 0) is 32.1 Å². The van der Waals surface area contributed by atoms with E-state index in [4.69, 9.17) is 23.2 Å². The molecule has 0 aliphatic heterocycles. The highest BCUT2D eigenvalue weighted by Crippen LogP contribution is 2.14. The molecule has 0 aromatic carbocycles. The monoisotopic (exact) mass is 303 g/mol. The van der Waals surface area contributed by atoms with Gasteiger partial charge < -0.3 is 10.2 Å². The van der Waals surface area contributed by atoms with E-state index >= 15 is 0 Å². The lowest BCUT2D eigenvalue weighted by Gasteiger charge is -2.28. The number of rotatable bonds is 5. The van der Waals surface area contributed by atoms with Gasteiger partial charge in [0.2, 0.25) is 0 Å². The van der Waals surface area contributed by atoms with Crippen LogP contribution in [0.4, 0.5) is 0 Å². The summed E-state index contributed by atoms with van der Waals surface area (Å²) in [4.78, 5) is 17.9. The molecule has 4 nitrogen and oxygen atoms in total. The predicted molar refractivity (Wildman–Crippen MR) is 78.9 cm³/mol. The molecule has 0 spiro atoms. The number of halogens is 2. The van der Waals surface area contributed by atoms with E-state index in [0.717, 1.165) is 0 Å². The number of nitrogens with one attached hydrogen (secondary N) is 1. The van der Waals surface area contributed by atoms with E-state index in [1.807, 2.05) is 14.1 Å². The van der Waals surface area contributed by atoms with Crippen LogP contribution in [0.2, 0.25) is 10.3 Å². The van der Waals surface area contributed by atoms with E-state index in [9.17, 15) is 4.79 Å². The van der Waals surface area contributed by atoms with Crippen LogP contribution in [0.15, 0.2) is 12.1 Å². The molecule has 0 bridgehead atoms. The van der Waals surface area contributed by atoms with Gasteiger partial charge in [-0.3, -0.25) is 4.79 Å². The molecule has 1 heterocycles. The Labute approximate surface area is 124 Å². The molecule has 6 heteroatoms. The van der Waals surface area contributed by atoms with Crippen LogP contribution in [0.25, 0.3) is 0 Å². The van der Waals surface area contributed by atoms with Gasteiger partial charge in [0.1, 0.15) is 10.3 Å². The van der Waals surface area contributed by atoms with Crippen molar-refractivity contribution in [2.24, 2.45) is 5.92 Å². The molecular weight excluding hydrogens is 285 g/mol. The van der Waals surface area contributed by atoms with Gasteiger partial charge in [-0.15, -0.1) is 0 Å². The molecule has 0 fully saturated rings. The number of amides is 1. The summed E-state index contributed by atoms with van der Waals surface area (Å²) >= 11 is 11.5. The highest BCUT2D eigenvalue weighted by Gasteiger charge is 2.17. The summed E-state index contributed by atoms with van der Waals surface area (Å²) in [6.07, 6.45) is 0. The van der Waals surface area contributed by atoms with E-state index in [0.29, 0.717) is 18.0 Å². The zero-order valence-electron chi connectivity index (χ0n) is 11.6. The number of likely N-dealkylation sites (N-methyl/N-ethyl adjacent to an activating group) is 1. The number of hydrogen-bond donors (Lipinski definition) is 1. The molecule has 1 unspecified atom stereocenters. The van der Waals surface area contributed by atoms with Gasteiger partial charge in [0.15, 0.2) is 0 Å². The number of carbonyl (C=O) groups excluding carboxylic acids is 1. The number of carbonyl (C=O) groups is 1. The molecule has 0 saturated heterocycles. The molecule has 0 saturated carbocycles. The van der Waals surface area contributed by atoms with Crippen molar-refractivity contribution in [2.45, 2.75) is 19.9 Å². The quantitative estimate of drug-likeness (QED) is 0.851. The van der Waals surface area contributed by atoms with Crippen LogP contribution < -0.4 is 5.32 Å². The Morgan fingerprint density at radius 3 is 2.26 bits per heavy atom. The van der Waals surface area contributed by atoms with Crippen molar-refractivity contribution in [2.75, 3.05) is 20.6 Å². The molecule has 0 radical (unpaired) electrons.